The minimum Gasteiger partial charge on any atom is -0.480 e. The van der Waals surface area contributed by atoms with Crippen molar-refractivity contribution >= 4 is 34.4 Å². The van der Waals surface area contributed by atoms with Crippen molar-refractivity contribution in [2.24, 2.45) is 0 Å². The molecule has 3 N–H and O–H groups in total. The number of carboxylic acids is 1. The molecule has 0 aliphatic rings. The fourth-order valence-corrected chi connectivity index (χ4v) is 2.76. The summed E-state index contributed by atoms with van der Waals surface area (Å²) in [5, 5.41) is 13.2. The summed E-state index contributed by atoms with van der Waals surface area (Å²) in [6.45, 7) is 0. The van der Waals surface area contributed by atoms with E-state index in [0.29, 0.717) is 10.5 Å². The molecule has 122 valence electrons. The van der Waals surface area contributed by atoms with E-state index in [2.05, 4.69) is 10.3 Å². The Kier molecular flexibility index (Phi) is 4.53. The highest BCUT2D eigenvalue weighted by Gasteiger charge is 2.22. The highest BCUT2D eigenvalue weighted by atomic mass is 35.5. The lowest BCUT2D eigenvalue weighted by Crippen LogP contribution is -2.42. The topological polar surface area (TPSA) is 82.2 Å². The minimum atomic E-state index is -1.08. The summed E-state index contributed by atoms with van der Waals surface area (Å²) in [5.41, 5.74) is 1.77. The second kappa shape index (κ2) is 6.76. The van der Waals surface area contributed by atoms with Crippen LogP contribution in [-0.4, -0.2) is 28.0 Å². The number of rotatable bonds is 5. The van der Waals surface area contributed by atoms with Crippen molar-refractivity contribution in [2.75, 3.05) is 0 Å². The fraction of sp³-hybridized carbons (Fsp3) is 0.111. The first-order chi connectivity index (χ1) is 11.5. The number of carbonyl (C=O) groups is 2. The molecule has 0 aliphatic heterocycles. The predicted octanol–water partition coefficient (Wildman–Crippen LogP) is 3.25. The molecule has 0 aliphatic carbocycles. The molecule has 5 nitrogen and oxygen atoms in total. The SMILES string of the molecule is O=C(NC(Cc1ccccc1)C(=O)O)c1cc2cccc(Cl)c2[nH]1. The van der Waals surface area contributed by atoms with Gasteiger partial charge in [0.2, 0.25) is 0 Å². The van der Waals surface area contributed by atoms with Gasteiger partial charge in [-0.3, -0.25) is 4.79 Å². The molecule has 0 radical (unpaired) electrons. The summed E-state index contributed by atoms with van der Waals surface area (Å²) in [5.74, 6) is -1.56. The monoisotopic (exact) mass is 342 g/mol. The molecule has 3 rings (SSSR count). The Morgan fingerprint density at radius 1 is 1.12 bits per heavy atom. The lowest BCUT2D eigenvalue weighted by molar-refractivity contribution is -0.139. The Hall–Kier alpha value is -2.79. The molecule has 0 bridgehead atoms. The number of aromatic nitrogens is 1. The van der Waals surface area contributed by atoms with Gasteiger partial charge in [-0.15, -0.1) is 0 Å². The minimum absolute atomic E-state index is 0.211. The molecular formula is C18H15ClN2O3. The fourth-order valence-electron chi connectivity index (χ4n) is 2.53. The van der Waals surface area contributed by atoms with Crippen molar-refractivity contribution in [3.8, 4) is 0 Å². The molecule has 1 unspecified atom stereocenters. The van der Waals surface area contributed by atoms with Crippen LogP contribution in [0.2, 0.25) is 5.02 Å². The first-order valence-corrected chi connectivity index (χ1v) is 7.77. The summed E-state index contributed by atoms with van der Waals surface area (Å²) in [4.78, 5) is 26.8. The molecule has 0 saturated heterocycles. The Balaban J connectivity index is 1.79. The third kappa shape index (κ3) is 3.41. The van der Waals surface area contributed by atoms with Gasteiger partial charge in [0, 0.05) is 11.8 Å². The van der Waals surface area contributed by atoms with Crippen molar-refractivity contribution in [1.82, 2.24) is 10.3 Å². The third-order valence-corrected chi connectivity index (χ3v) is 4.05. The van der Waals surface area contributed by atoms with E-state index in [-0.39, 0.29) is 12.1 Å². The summed E-state index contributed by atoms with van der Waals surface area (Å²) >= 11 is 6.08. The van der Waals surface area contributed by atoms with Crippen LogP contribution >= 0.6 is 11.6 Å². The number of nitrogens with one attached hydrogen (secondary N) is 2. The average Bonchev–Trinajstić information content (AvgIpc) is 3.01. The van der Waals surface area contributed by atoms with Crippen LogP contribution in [-0.2, 0) is 11.2 Å². The van der Waals surface area contributed by atoms with Gasteiger partial charge < -0.3 is 15.4 Å². The van der Waals surface area contributed by atoms with Gasteiger partial charge in [0.1, 0.15) is 11.7 Å². The molecular weight excluding hydrogens is 328 g/mol. The zero-order chi connectivity index (χ0) is 17.1. The van der Waals surface area contributed by atoms with Crippen LogP contribution in [0, 0.1) is 0 Å². The summed E-state index contributed by atoms with van der Waals surface area (Å²) in [6, 6.07) is 15.1. The maximum absolute atomic E-state index is 12.4. The second-order valence-corrected chi connectivity index (χ2v) is 5.85. The van der Waals surface area contributed by atoms with E-state index in [1.807, 2.05) is 36.4 Å². The van der Waals surface area contributed by atoms with Gasteiger partial charge in [-0.2, -0.15) is 0 Å². The molecule has 6 heteroatoms. The number of carboxylic acid groups (broad SMARTS) is 1. The van der Waals surface area contributed by atoms with Crippen LogP contribution in [0.25, 0.3) is 10.9 Å². The summed E-state index contributed by atoms with van der Waals surface area (Å²) in [6.07, 6.45) is 0.211. The van der Waals surface area contributed by atoms with E-state index in [0.717, 1.165) is 10.9 Å². The molecule has 1 aromatic heterocycles. The van der Waals surface area contributed by atoms with Gasteiger partial charge in [-0.25, -0.2) is 4.79 Å². The number of aliphatic carboxylic acids is 1. The van der Waals surface area contributed by atoms with Gasteiger partial charge in [-0.1, -0.05) is 54.1 Å². The Labute approximate surface area is 143 Å². The Bertz CT molecular complexity index is 890. The predicted molar refractivity (Wildman–Crippen MR) is 92.3 cm³/mol. The van der Waals surface area contributed by atoms with Gasteiger partial charge in [-0.05, 0) is 17.7 Å². The molecule has 3 aromatic rings. The van der Waals surface area contributed by atoms with E-state index in [4.69, 9.17) is 11.6 Å². The van der Waals surface area contributed by atoms with Crippen molar-refractivity contribution in [3.05, 3.63) is 70.9 Å². The van der Waals surface area contributed by atoms with E-state index in [1.54, 1.807) is 18.2 Å². The number of carbonyl (C=O) groups excluding carboxylic acids is 1. The number of amides is 1. The number of benzene rings is 2. The smallest absolute Gasteiger partial charge is 0.326 e. The van der Waals surface area contributed by atoms with Crippen LogP contribution in [0.3, 0.4) is 0 Å². The third-order valence-electron chi connectivity index (χ3n) is 3.74. The second-order valence-electron chi connectivity index (χ2n) is 5.44. The number of H-pyrrole nitrogens is 1. The number of hydrogen-bond acceptors (Lipinski definition) is 2. The lowest BCUT2D eigenvalue weighted by Gasteiger charge is -2.14. The Morgan fingerprint density at radius 2 is 1.88 bits per heavy atom. The molecule has 0 fully saturated rings. The van der Waals surface area contributed by atoms with Crippen LogP contribution < -0.4 is 5.32 Å². The van der Waals surface area contributed by atoms with E-state index in [9.17, 15) is 14.7 Å². The largest absolute Gasteiger partial charge is 0.480 e. The standard InChI is InChI=1S/C18H15ClN2O3/c19-13-8-4-7-12-10-14(20-16(12)13)17(22)21-15(18(23)24)9-11-5-2-1-3-6-11/h1-8,10,15,20H,9H2,(H,21,22)(H,23,24). The van der Waals surface area contributed by atoms with Gasteiger partial charge in [0.15, 0.2) is 0 Å². The molecule has 0 spiro atoms. The number of aromatic amines is 1. The summed E-state index contributed by atoms with van der Waals surface area (Å²) in [7, 11) is 0. The Morgan fingerprint density at radius 3 is 2.54 bits per heavy atom. The highest BCUT2D eigenvalue weighted by molar-refractivity contribution is 6.35. The van der Waals surface area contributed by atoms with Crippen molar-refractivity contribution in [3.63, 3.8) is 0 Å². The first-order valence-electron chi connectivity index (χ1n) is 7.39. The highest BCUT2D eigenvalue weighted by Crippen LogP contribution is 2.23. The van der Waals surface area contributed by atoms with Gasteiger partial charge >= 0.3 is 5.97 Å². The quantitative estimate of drug-likeness (QED) is 0.665. The lowest BCUT2D eigenvalue weighted by atomic mass is 10.1. The zero-order valence-electron chi connectivity index (χ0n) is 12.6. The number of hydrogen-bond donors (Lipinski definition) is 3. The molecule has 0 saturated carbocycles. The van der Waals surface area contributed by atoms with Gasteiger partial charge in [0.25, 0.3) is 5.91 Å². The summed E-state index contributed by atoms with van der Waals surface area (Å²) < 4.78 is 0. The average molecular weight is 343 g/mol. The van der Waals surface area contributed by atoms with Crippen molar-refractivity contribution in [2.45, 2.75) is 12.5 Å². The molecule has 1 heterocycles. The van der Waals surface area contributed by atoms with Crippen LogP contribution in [0.5, 0.6) is 0 Å². The van der Waals surface area contributed by atoms with Crippen LogP contribution in [0.4, 0.5) is 0 Å². The van der Waals surface area contributed by atoms with E-state index < -0.39 is 17.9 Å². The van der Waals surface area contributed by atoms with Crippen molar-refractivity contribution < 1.29 is 14.7 Å². The molecule has 1 amide bonds. The number of halogens is 1. The molecule has 2 aromatic carbocycles. The van der Waals surface area contributed by atoms with E-state index in [1.165, 1.54) is 0 Å². The van der Waals surface area contributed by atoms with Gasteiger partial charge in [0.05, 0.1) is 10.5 Å². The first kappa shape index (κ1) is 16.1. The van der Waals surface area contributed by atoms with E-state index >= 15 is 0 Å². The molecule has 1 atom stereocenters. The molecule has 24 heavy (non-hydrogen) atoms. The van der Waals surface area contributed by atoms with Crippen molar-refractivity contribution in [1.29, 1.82) is 0 Å². The maximum Gasteiger partial charge on any atom is 0.326 e. The zero-order valence-corrected chi connectivity index (χ0v) is 13.4. The number of para-hydroxylation sites is 1. The normalized spacial score (nSPS) is 12.0. The van der Waals surface area contributed by atoms with Crippen LogP contribution in [0.1, 0.15) is 16.1 Å². The maximum atomic E-state index is 12.4. The number of fused-ring (bicyclic) bond motifs is 1. The van der Waals surface area contributed by atoms with Crippen LogP contribution in [0.15, 0.2) is 54.6 Å².